The van der Waals surface area contributed by atoms with Crippen LogP contribution in [0, 0.1) is 17.1 Å². The number of hydrogen-bond donors (Lipinski definition) is 2. The number of amides is 1. The van der Waals surface area contributed by atoms with Crippen molar-refractivity contribution in [2.45, 2.75) is 24.0 Å². The fraction of sp³-hybridized carbons (Fsp3) is 0.250. The third-order valence-corrected chi connectivity index (χ3v) is 5.81. The van der Waals surface area contributed by atoms with Gasteiger partial charge in [0.15, 0.2) is 0 Å². The minimum Gasteiger partial charge on any atom is -0.344 e. The molecule has 2 N–H and O–H groups in total. The monoisotopic (exact) mass is 452 g/mol. The molecule has 0 unspecified atom stereocenters. The van der Waals surface area contributed by atoms with Gasteiger partial charge in [-0.3, -0.25) is 4.79 Å². The van der Waals surface area contributed by atoms with Gasteiger partial charge in [0, 0.05) is 13.2 Å². The van der Waals surface area contributed by atoms with Crippen LogP contribution < -0.4 is 10.0 Å². The lowest BCUT2D eigenvalue weighted by Crippen LogP contribution is -2.42. The third-order valence-electron chi connectivity index (χ3n) is 3.77. The van der Waals surface area contributed by atoms with Crippen LogP contribution in [0.25, 0.3) is 0 Å². The average molecular weight is 453 g/mol. The number of anilines is 1. The highest BCUT2D eigenvalue weighted by molar-refractivity contribution is 7.89. The normalized spacial score (nSPS) is 13.0. The van der Waals surface area contributed by atoms with Crippen LogP contribution in [0.15, 0.2) is 29.3 Å². The minimum atomic E-state index is -4.83. The Labute approximate surface area is 167 Å². The summed E-state index contributed by atoms with van der Waals surface area (Å²) in [6, 6.07) is 2.27. The summed E-state index contributed by atoms with van der Waals surface area (Å²) in [5.74, 6) is -1.67. The molecule has 2 aromatic rings. The van der Waals surface area contributed by atoms with Crippen molar-refractivity contribution in [2.75, 3.05) is 5.32 Å². The van der Waals surface area contributed by atoms with Gasteiger partial charge >= 0.3 is 6.18 Å². The Morgan fingerprint density at radius 1 is 1.34 bits per heavy atom. The van der Waals surface area contributed by atoms with E-state index in [1.54, 1.807) is 6.07 Å². The summed E-state index contributed by atoms with van der Waals surface area (Å²) in [5.41, 5.74) is -0.651. The lowest BCUT2D eigenvalue weighted by atomic mass is 10.2. The van der Waals surface area contributed by atoms with Gasteiger partial charge in [-0.1, -0.05) is 11.6 Å². The third kappa shape index (κ3) is 4.87. The number of nitriles is 1. The van der Waals surface area contributed by atoms with Crippen LogP contribution in [-0.4, -0.2) is 31.1 Å². The van der Waals surface area contributed by atoms with Crippen LogP contribution in [0.4, 0.5) is 23.2 Å². The molecule has 0 radical (unpaired) electrons. The predicted molar refractivity (Wildman–Crippen MR) is 95.3 cm³/mol. The van der Waals surface area contributed by atoms with Crippen molar-refractivity contribution in [3.05, 3.63) is 46.5 Å². The summed E-state index contributed by atoms with van der Waals surface area (Å²) >= 11 is 5.96. The Morgan fingerprint density at radius 3 is 2.52 bits per heavy atom. The molecule has 1 heterocycles. The number of carbonyl (C=O) groups is 1. The fourth-order valence-corrected chi connectivity index (χ4v) is 4.21. The zero-order valence-electron chi connectivity index (χ0n) is 14.8. The van der Waals surface area contributed by atoms with Crippen LogP contribution in [0.2, 0.25) is 5.02 Å². The topological polar surface area (TPSA) is 104 Å². The highest BCUT2D eigenvalue weighted by atomic mass is 35.5. The highest BCUT2D eigenvalue weighted by Gasteiger charge is 2.40. The molecule has 0 saturated carbocycles. The number of sulfonamides is 1. The molecule has 0 saturated heterocycles. The molecule has 0 aliphatic rings. The number of alkyl halides is 3. The van der Waals surface area contributed by atoms with Crippen molar-refractivity contribution in [3.63, 3.8) is 0 Å². The highest BCUT2D eigenvalue weighted by Crippen LogP contribution is 2.30. The van der Waals surface area contributed by atoms with Gasteiger partial charge in [-0.05, 0) is 25.1 Å². The molecule has 2 rings (SSSR count). The number of hydrogen-bond acceptors (Lipinski definition) is 4. The number of aromatic nitrogens is 1. The second-order valence-corrected chi connectivity index (χ2v) is 7.97. The molecule has 156 valence electrons. The van der Waals surface area contributed by atoms with Crippen molar-refractivity contribution in [1.29, 1.82) is 5.26 Å². The standard InChI is InChI=1S/C16H13ClF4N4O3S/c1-8(16(19,20)21)24-29(27,28)12-7-25(2)14(13(12)17)15(26)23-11-4-3-10(18)5-9(11)6-22/h3-5,7-8,24H,1-2H3,(H,23,26)/t8-/m1/s1. The molecular formula is C16H13ClF4N4O3S. The number of benzene rings is 1. The lowest BCUT2D eigenvalue weighted by molar-refractivity contribution is -0.147. The average Bonchev–Trinajstić information content (AvgIpc) is 2.90. The van der Waals surface area contributed by atoms with Gasteiger partial charge in [-0.2, -0.15) is 23.2 Å². The number of halogens is 5. The molecule has 1 amide bonds. The first-order valence-corrected chi connectivity index (χ1v) is 9.59. The van der Waals surface area contributed by atoms with Crippen molar-refractivity contribution >= 4 is 33.2 Å². The number of rotatable bonds is 5. The lowest BCUT2D eigenvalue weighted by Gasteiger charge is -2.16. The molecule has 1 aromatic heterocycles. The number of nitrogens with one attached hydrogen (secondary N) is 2. The summed E-state index contributed by atoms with van der Waals surface area (Å²) in [7, 11) is -3.45. The van der Waals surface area contributed by atoms with E-state index in [9.17, 15) is 30.8 Å². The Bertz CT molecular complexity index is 1110. The van der Waals surface area contributed by atoms with Crippen LogP contribution in [0.3, 0.4) is 0 Å². The van der Waals surface area contributed by atoms with E-state index in [2.05, 4.69) is 5.32 Å². The van der Waals surface area contributed by atoms with Crippen molar-refractivity contribution in [3.8, 4) is 6.07 Å². The molecule has 1 atom stereocenters. The van der Waals surface area contributed by atoms with Gasteiger partial charge in [0.25, 0.3) is 5.91 Å². The van der Waals surface area contributed by atoms with E-state index in [1.807, 2.05) is 0 Å². The summed E-state index contributed by atoms with van der Waals surface area (Å²) in [5, 5.41) is 10.7. The Kier molecular flexibility index (Phi) is 6.27. The van der Waals surface area contributed by atoms with E-state index in [-0.39, 0.29) is 16.9 Å². The molecule has 0 bridgehead atoms. The van der Waals surface area contributed by atoms with Crippen LogP contribution in [-0.2, 0) is 17.1 Å². The SMILES string of the molecule is C[C@@H](NS(=O)(=O)c1cn(C)c(C(=O)Nc2ccc(F)cc2C#N)c1Cl)C(F)(F)F. The predicted octanol–water partition coefficient (Wildman–Crippen LogP) is 3.17. The van der Waals surface area contributed by atoms with Gasteiger partial charge in [-0.15, -0.1) is 0 Å². The fourth-order valence-electron chi connectivity index (χ4n) is 2.28. The van der Waals surface area contributed by atoms with Crippen molar-refractivity contribution in [2.24, 2.45) is 7.05 Å². The summed E-state index contributed by atoms with van der Waals surface area (Å²) in [6.45, 7) is 0.611. The van der Waals surface area contributed by atoms with E-state index in [1.165, 1.54) is 11.8 Å². The van der Waals surface area contributed by atoms with Crippen LogP contribution >= 0.6 is 11.6 Å². The summed E-state index contributed by atoms with van der Waals surface area (Å²) in [4.78, 5) is 11.8. The molecule has 0 spiro atoms. The molecular weight excluding hydrogens is 440 g/mol. The molecule has 0 aliphatic heterocycles. The summed E-state index contributed by atoms with van der Waals surface area (Å²) in [6.07, 6.45) is -3.96. The van der Waals surface area contributed by atoms with Crippen LogP contribution in [0.1, 0.15) is 23.0 Å². The zero-order chi connectivity index (χ0) is 22.1. The molecule has 13 heteroatoms. The first kappa shape index (κ1) is 22.7. The number of aryl methyl sites for hydroxylation is 1. The first-order chi connectivity index (χ1) is 13.3. The Hall–Kier alpha value is -2.62. The van der Waals surface area contributed by atoms with E-state index >= 15 is 0 Å². The first-order valence-electron chi connectivity index (χ1n) is 7.72. The molecule has 7 nitrogen and oxygen atoms in total. The van der Waals surface area contributed by atoms with Gasteiger partial charge in [0.2, 0.25) is 10.0 Å². The van der Waals surface area contributed by atoms with E-state index in [0.717, 1.165) is 29.0 Å². The Balaban J connectivity index is 2.39. The maximum Gasteiger partial charge on any atom is 0.404 e. The second kappa shape index (κ2) is 8.02. The molecule has 29 heavy (non-hydrogen) atoms. The zero-order valence-corrected chi connectivity index (χ0v) is 16.4. The molecule has 0 fully saturated rings. The smallest absolute Gasteiger partial charge is 0.344 e. The summed E-state index contributed by atoms with van der Waals surface area (Å²) < 4.78 is 78.2. The largest absolute Gasteiger partial charge is 0.404 e. The Morgan fingerprint density at radius 2 is 1.97 bits per heavy atom. The van der Waals surface area contributed by atoms with E-state index in [0.29, 0.717) is 6.92 Å². The van der Waals surface area contributed by atoms with Gasteiger partial charge in [0.05, 0.1) is 16.3 Å². The number of nitrogens with zero attached hydrogens (tertiary/aromatic N) is 2. The quantitative estimate of drug-likeness (QED) is 0.680. The van der Waals surface area contributed by atoms with Crippen molar-refractivity contribution < 1.29 is 30.8 Å². The van der Waals surface area contributed by atoms with Crippen molar-refractivity contribution in [1.82, 2.24) is 9.29 Å². The molecule has 1 aromatic carbocycles. The van der Waals surface area contributed by atoms with Crippen LogP contribution in [0.5, 0.6) is 0 Å². The maximum atomic E-state index is 13.2. The maximum absolute atomic E-state index is 13.2. The van der Waals surface area contributed by atoms with Gasteiger partial charge in [0.1, 0.15) is 28.5 Å². The molecule has 0 aliphatic carbocycles. The number of carbonyl (C=O) groups excluding carboxylic acids is 1. The van der Waals surface area contributed by atoms with E-state index in [4.69, 9.17) is 16.9 Å². The van der Waals surface area contributed by atoms with Gasteiger partial charge in [-0.25, -0.2) is 12.8 Å². The minimum absolute atomic E-state index is 0.0654. The second-order valence-electron chi connectivity index (χ2n) is 5.91. The van der Waals surface area contributed by atoms with Gasteiger partial charge < -0.3 is 9.88 Å². The van der Waals surface area contributed by atoms with E-state index < -0.39 is 43.9 Å².